The van der Waals surface area contributed by atoms with Gasteiger partial charge < -0.3 is 25.6 Å². The predicted octanol–water partition coefficient (Wildman–Crippen LogP) is 4.68. The molecule has 43 heavy (non-hydrogen) atoms. The minimum Gasteiger partial charge on any atom is -0.444 e. The number of alkyl carbamates (subject to hydrolysis) is 1. The summed E-state index contributed by atoms with van der Waals surface area (Å²) in [5, 5.41) is 8.24. The summed E-state index contributed by atoms with van der Waals surface area (Å²) in [5.74, 6) is -1.86. The van der Waals surface area contributed by atoms with Crippen LogP contribution < -0.4 is 16.0 Å². The van der Waals surface area contributed by atoms with Gasteiger partial charge >= 0.3 is 6.09 Å². The Morgan fingerprint density at radius 3 is 2.09 bits per heavy atom. The molecule has 3 rings (SSSR count). The van der Waals surface area contributed by atoms with Crippen LogP contribution in [0.4, 0.5) is 10.5 Å². The Bertz CT molecular complexity index is 1170. The Hall–Kier alpha value is -3.43. The highest BCUT2D eigenvalue weighted by molar-refractivity contribution is 6.42. The number of para-hydroxylation sites is 1. The van der Waals surface area contributed by atoms with E-state index in [4.69, 9.17) is 4.74 Å². The molecule has 1 unspecified atom stereocenters. The number of nitrogens with zero attached hydrogens (tertiary/aromatic N) is 1. The zero-order valence-corrected chi connectivity index (χ0v) is 27.0. The number of Topliss-reactive ketones (excluding diaryl/α,β-unsaturated/α-hetero) is 1. The van der Waals surface area contributed by atoms with E-state index in [0.29, 0.717) is 25.1 Å². The van der Waals surface area contributed by atoms with Crippen LogP contribution in [0.25, 0.3) is 0 Å². The van der Waals surface area contributed by atoms with E-state index in [0.717, 1.165) is 19.3 Å². The number of hydrogen-bond donors (Lipinski definition) is 3. The molecule has 0 spiro atoms. The minimum absolute atomic E-state index is 0.0454. The summed E-state index contributed by atoms with van der Waals surface area (Å²) >= 11 is 0. The van der Waals surface area contributed by atoms with Crippen molar-refractivity contribution in [2.75, 3.05) is 11.9 Å². The molecule has 1 aliphatic carbocycles. The fourth-order valence-electron chi connectivity index (χ4n) is 5.52. The monoisotopic (exact) mass is 598 g/mol. The summed E-state index contributed by atoms with van der Waals surface area (Å²) in [4.78, 5) is 68.5. The van der Waals surface area contributed by atoms with Gasteiger partial charge in [-0.2, -0.15) is 0 Å². The first-order chi connectivity index (χ1) is 20.0. The van der Waals surface area contributed by atoms with Crippen LogP contribution in [0.15, 0.2) is 30.3 Å². The van der Waals surface area contributed by atoms with Gasteiger partial charge in [0, 0.05) is 12.2 Å². The van der Waals surface area contributed by atoms with Gasteiger partial charge in [0.1, 0.15) is 17.7 Å². The smallest absolute Gasteiger partial charge is 0.408 e. The van der Waals surface area contributed by atoms with Crippen LogP contribution in [0.1, 0.15) is 87.5 Å². The lowest BCUT2D eigenvalue weighted by Gasteiger charge is -2.36. The molecular weight excluding hydrogens is 548 g/mol. The molecule has 2 aliphatic rings. The molecule has 1 saturated carbocycles. The van der Waals surface area contributed by atoms with E-state index in [1.807, 2.05) is 40.7 Å². The lowest BCUT2D eigenvalue weighted by atomic mass is 9.80. The molecule has 1 aromatic carbocycles. The Kier molecular flexibility index (Phi) is 11.0. The molecule has 1 aromatic rings. The van der Waals surface area contributed by atoms with Gasteiger partial charge in [-0.25, -0.2) is 4.79 Å². The van der Waals surface area contributed by atoms with E-state index >= 15 is 0 Å². The lowest BCUT2D eigenvalue weighted by molar-refractivity contribution is -0.143. The lowest BCUT2D eigenvalue weighted by Crippen LogP contribution is -2.59. The fraction of sp³-hybridized carbons (Fsp3) is 0.667. The normalized spacial score (nSPS) is 20.5. The molecule has 3 N–H and O–H groups in total. The van der Waals surface area contributed by atoms with Gasteiger partial charge in [-0.05, 0) is 68.9 Å². The predicted molar refractivity (Wildman–Crippen MR) is 165 cm³/mol. The number of likely N-dealkylation sites (tertiary alicyclic amines) is 1. The third kappa shape index (κ3) is 9.53. The van der Waals surface area contributed by atoms with Gasteiger partial charge in [0.2, 0.25) is 17.6 Å². The van der Waals surface area contributed by atoms with Crippen molar-refractivity contribution in [3.05, 3.63) is 30.3 Å². The summed E-state index contributed by atoms with van der Waals surface area (Å²) in [7, 11) is 0. The number of benzene rings is 1. The molecule has 1 saturated heterocycles. The van der Waals surface area contributed by atoms with Crippen molar-refractivity contribution in [1.29, 1.82) is 0 Å². The summed E-state index contributed by atoms with van der Waals surface area (Å²) < 4.78 is 5.43. The quantitative estimate of drug-likeness (QED) is 0.335. The Morgan fingerprint density at radius 1 is 0.953 bits per heavy atom. The molecule has 10 nitrogen and oxygen atoms in total. The van der Waals surface area contributed by atoms with Crippen LogP contribution >= 0.6 is 0 Å². The number of hydrogen-bond acceptors (Lipinski definition) is 6. The van der Waals surface area contributed by atoms with E-state index < -0.39 is 52.8 Å². The average molecular weight is 599 g/mol. The van der Waals surface area contributed by atoms with Gasteiger partial charge in [0.25, 0.3) is 5.91 Å². The highest BCUT2D eigenvalue weighted by Gasteiger charge is 2.46. The molecular formula is C33H50N4O6. The van der Waals surface area contributed by atoms with Gasteiger partial charge in [-0.1, -0.05) is 72.1 Å². The van der Waals surface area contributed by atoms with Crippen molar-refractivity contribution < 1.29 is 28.7 Å². The molecule has 1 aliphatic heterocycles. The zero-order valence-electron chi connectivity index (χ0n) is 27.0. The number of carbonyl (C=O) groups excluding carboxylic acids is 5. The van der Waals surface area contributed by atoms with E-state index in [-0.39, 0.29) is 23.7 Å². The third-order valence-electron chi connectivity index (χ3n) is 8.32. The maximum Gasteiger partial charge on any atom is 0.408 e. The molecule has 238 valence electrons. The topological polar surface area (TPSA) is 134 Å². The van der Waals surface area contributed by atoms with Crippen LogP contribution in [-0.2, 0) is 23.9 Å². The standard InChI is InChI=1S/C33H50N4O6/c1-20(2)22-18-25(37(19-22)30(41)27(32(3,4)5)36-31(42)43-33(6,7)8)28(39)35-24(17-21-13-12-14-21)26(38)29(40)34-23-15-10-9-11-16-23/h9-11,15-16,20-22,24-25,27H,12-14,17-19H2,1-8H3,(H,34,40)(H,35,39)(H,36,42)/t22-,24?,25+,27-/m1/s1. The van der Waals surface area contributed by atoms with Crippen LogP contribution in [0.3, 0.4) is 0 Å². The average Bonchev–Trinajstić information content (AvgIpc) is 3.33. The maximum atomic E-state index is 14.1. The van der Waals surface area contributed by atoms with Crippen molar-refractivity contribution in [1.82, 2.24) is 15.5 Å². The molecule has 10 heteroatoms. The van der Waals surface area contributed by atoms with Crippen molar-refractivity contribution in [3.8, 4) is 0 Å². The van der Waals surface area contributed by atoms with E-state index in [1.54, 1.807) is 45.0 Å². The molecule has 1 heterocycles. The first kappa shape index (κ1) is 34.1. The third-order valence-corrected chi connectivity index (χ3v) is 8.32. The Balaban J connectivity index is 1.83. The number of carbonyl (C=O) groups is 5. The SMILES string of the molecule is CC(C)[C@@H]1C[C@@H](C(=O)NC(CC2CCC2)C(=O)C(=O)Nc2ccccc2)N(C(=O)[C@@H](NC(=O)OC(C)(C)C)C(C)(C)C)C1. The van der Waals surface area contributed by atoms with Crippen LogP contribution in [-0.4, -0.2) is 64.8 Å². The highest BCUT2D eigenvalue weighted by Crippen LogP contribution is 2.34. The second-order valence-corrected chi connectivity index (χ2v) is 14.5. The number of amides is 4. The zero-order chi connectivity index (χ0) is 32.1. The van der Waals surface area contributed by atoms with Crippen molar-refractivity contribution in [2.45, 2.75) is 111 Å². The molecule has 0 radical (unpaired) electrons. The molecule has 0 aromatic heterocycles. The second kappa shape index (κ2) is 13.9. The molecule has 2 fully saturated rings. The number of ketones is 1. The number of ether oxygens (including phenoxy) is 1. The van der Waals surface area contributed by atoms with E-state index in [1.165, 1.54) is 4.90 Å². The summed E-state index contributed by atoms with van der Waals surface area (Å²) in [6, 6.07) is 5.90. The Labute approximate surface area is 256 Å². The Morgan fingerprint density at radius 2 is 1.58 bits per heavy atom. The number of anilines is 1. The first-order valence-electron chi connectivity index (χ1n) is 15.5. The second-order valence-electron chi connectivity index (χ2n) is 14.5. The maximum absolute atomic E-state index is 14.1. The van der Waals surface area contributed by atoms with Crippen molar-refractivity contribution >= 4 is 35.3 Å². The van der Waals surface area contributed by atoms with Crippen molar-refractivity contribution in [2.24, 2.45) is 23.2 Å². The first-order valence-corrected chi connectivity index (χ1v) is 15.5. The minimum atomic E-state index is -1.00. The van der Waals surface area contributed by atoms with Crippen LogP contribution in [0.5, 0.6) is 0 Å². The highest BCUT2D eigenvalue weighted by atomic mass is 16.6. The molecule has 0 bridgehead atoms. The molecule has 4 amide bonds. The van der Waals surface area contributed by atoms with E-state index in [2.05, 4.69) is 16.0 Å². The van der Waals surface area contributed by atoms with Gasteiger partial charge in [-0.15, -0.1) is 0 Å². The van der Waals surface area contributed by atoms with Crippen LogP contribution in [0.2, 0.25) is 0 Å². The van der Waals surface area contributed by atoms with Gasteiger partial charge in [0.05, 0.1) is 6.04 Å². The summed E-state index contributed by atoms with van der Waals surface area (Å²) in [6.45, 7) is 15.2. The van der Waals surface area contributed by atoms with E-state index in [9.17, 15) is 24.0 Å². The molecule has 4 atom stereocenters. The fourth-order valence-corrected chi connectivity index (χ4v) is 5.52. The van der Waals surface area contributed by atoms with Gasteiger partial charge in [0.15, 0.2) is 0 Å². The number of rotatable bonds is 10. The van der Waals surface area contributed by atoms with Gasteiger partial charge in [-0.3, -0.25) is 19.2 Å². The van der Waals surface area contributed by atoms with Crippen LogP contribution in [0, 0.1) is 23.2 Å². The number of nitrogens with one attached hydrogen (secondary N) is 3. The summed E-state index contributed by atoms with van der Waals surface area (Å²) in [6.07, 6.45) is 3.00. The summed E-state index contributed by atoms with van der Waals surface area (Å²) in [5.41, 5.74) is -0.931. The largest absolute Gasteiger partial charge is 0.444 e. The van der Waals surface area contributed by atoms with Crippen molar-refractivity contribution in [3.63, 3.8) is 0 Å².